The molecule has 0 spiro atoms. The van der Waals surface area contributed by atoms with Gasteiger partial charge in [0.1, 0.15) is 0 Å². The third-order valence-electron chi connectivity index (χ3n) is 3.16. The van der Waals surface area contributed by atoms with Crippen molar-refractivity contribution in [3.05, 3.63) is 17.7 Å². The number of carbonyl (C=O) groups excluding carboxylic acids is 1. The van der Waals surface area contributed by atoms with Gasteiger partial charge in [0.15, 0.2) is 11.5 Å². The predicted molar refractivity (Wildman–Crippen MR) is 88.9 cm³/mol. The summed E-state index contributed by atoms with van der Waals surface area (Å²) in [6.07, 6.45) is 2.64. The van der Waals surface area contributed by atoms with Gasteiger partial charge in [0.25, 0.3) is 0 Å². The summed E-state index contributed by atoms with van der Waals surface area (Å²) in [5.74, 6) is 2.33. The Bertz CT molecular complexity index is 471. The zero-order chi connectivity index (χ0) is 16.5. The molecule has 0 fully saturated rings. The molecule has 7 heteroatoms. The third-order valence-corrected chi connectivity index (χ3v) is 3.80. The van der Waals surface area contributed by atoms with Crippen LogP contribution in [0.15, 0.2) is 12.1 Å². The van der Waals surface area contributed by atoms with Gasteiger partial charge in [0.2, 0.25) is 11.7 Å². The number of ether oxygens (including phenoxy) is 3. The van der Waals surface area contributed by atoms with Crippen molar-refractivity contribution in [2.75, 3.05) is 33.3 Å². The molecule has 0 aliphatic heterocycles. The van der Waals surface area contributed by atoms with Crippen LogP contribution < -0.4 is 25.3 Å². The molecule has 1 aromatic carbocycles. The maximum atomic E-state index is 11.9. The van der Waals surface area contributed by atoms with Crippen LogP contribution in [0.4, 0.5) is 0 Å². The van der Waals surface area contributed by atoms with E-state index in [-0.39, 0.29) is 5.91 Å². The van der Waals surface area contributed by atoms with Gasteiger partial charge in [-0.25, -0.2) is 0 Å². The van der Waals surface area contributed by atoms with E-state index in [0.717, 1.165) is 11.3 Å². The van der Waals surface area contributed by atoms with Crippen LogP contribution in [0.3, 0.4) is 0 Å². The maximum Gasteiger partial charge on any atom is 0.237 e. The molecule has 124 valence electrons. The molecule has 1 atom stereocenters. The number of benzene rings is 1. The molecule has 1 aromatic rings. The first kappa shape index (κ1) is 18.4. The molecule has 22 heavy (non-hydrogen) atoms. The average Bonchev–Trinajstić information content (AvgIpc) is 2.55. The average molecular weight is 328 g/mol. The van der Waals surface area contributed by atoms with Crippen LogP contribution in [0, 0.1) is 0 Å². The molecule has 1 amide bonds. The second kappa shape index (κ2) is 9.42. The lowest BCUT2D eigenvalue weighted by Gasteiger charge is -2.15. The number of amides is 1. The molecule has 0 saturated heterocycles. The van der Waals surface area contributed by atoms with Crippen molar-refractivity contribution >= 4 is 17.7 Å². The van der Waals surface area contributed by atoms with Crippen LogP contribution in [0.5, 0.6) is 17.2 Å². The first-order valence-corrected chi connectivity index (χ1v) is 8.27. The number of thioether (sulfide) groups is 1. The predicted octanol–water partition coefficient (Wildman–Crippen LogP) is 1.41. The van der Waals surface area contributed by atoms with E-state index in [1.54, 1.807) is 45.2 Å². The summed E-state index contributed by atoms with van der Waals surface area (Å²) >= 11 is 1.67. The van der Waals surface area contributed by atoms with Crippen LogP contribution in [0.25, 0.3) is 0 Å². The van der Waals surface area contributed by atoms with E-state index < -0.39 is 6.04 Å². The molecule has 0 aliphatic carbocycles. The fraction of sp³-hybridized carbons (Fsp3) is 0.533. The number of hydrogen-bond acceptors (Lipinski definition) is 6. The van der Waals surface area contributed by atoms with Crippen molar-refractivity contribution in [2.45, 2.75) is 19.0 Å². The molecule has 3 N–H and O–H groups in total. The van der Waals surface area contributed by atoms with Crippen LogP contribution >= 0.6 is 11.8 Å². The Balaban J connectivity index is 2.75. The first-order valence-electron chi connectivity index (χ1n) is 6.88. The van der Waals surface area contributed by atoms with Gasteiger partial charge in [-0.3, -0.25) is 4.79 Å². The van der Waals surface area contributed by atoms with Crippen LogP contribution in [0.1, 0.15) is 12.0 Å². The molecule has 0 aliphatic rings. The zero-order valence-corrected chi connectivity index (χ0v) is 14.3. The molecule has 0 unspecified atom stereocenters. The van der Waals surface area contributed by atoms with Crippen LogP contribution in [-0.2, 0) is 11.3 Å². The molecular formula is C15H24N2O4S. The number of methoxy groups -OCH3 is 3. The highest BCUT2D eigenvalue weighted by Gasteiger charge is 2.15. The lowest BCUT2D eigenvalue weighted by molar-refractivity contribution is -0.122. The van der Waals surface area contributed by atoms with Crippen molar-refractivity contribution in [2.24, 2.45) is 5.73 Å². The maximum absolute atomic E-state index is 11.9. The van der Waals surface area contributed by atoms with Crippen molar-refractivity contribution in [1.29, 1.82) is 0 Å². The number of hydrogen-bond donors (Lipinski definition) is 2. The third kappa shape index (κ3) is 4.99. The molecule has 1 rings (SSSR count). The fourth-order valence-corrected chi connectivity index (χ4v) is 2.42. The van der Waals surface area contributed by atoms with Gasteiger partial charge in [-0.2, -0.15) is 11.8 Å². The van der Waals surface area contributed by atoms with Crippen molar-refractivity contribution in [3.8, 4) is 17.2 Å². The van der Waals surface area contributed by atoms with Gasteiger partial charge < -0.3 is 25.3 Å². The number of nitrogens with two attached hydrogens (primary N) is 1. The highest BCUT2D eigenvalue weighted by atomic mass is 32.2. The SMILES string of the molecule is COc1cc(CNC(=O)[C@@H](N)CCSC)cc(OC)c1OC. The summed E-state index contributed by atoms with van der Waals surface area (Å²) in [4.78, 5) is 11.9. The van der Waals surface area contributed by atoms with Gasteiger partial charge in [-0.05, 0) is 36.1 Å². The minimum atomic E-state index is -0.491. The minimum absolute atomic E-state index is 0.164. The van der Waals surface area contributed by atoms with Gasteiger partial charge in [-0.15, -0.1) is 0 Å². The lowest BCUT2D eigenvalue weighted by atomic mass is 10.1. The molecular weight excluding hydrogens is 304 g/mol. The highest BCUT2D eigenvalue weighted by molar-refractivity contribution is 7.98. The summed E-state index contributed by atoms with van der Waals surface area (Å²) in [6, 6.07) is 3.11. The normalized spacial score (nSPS) is 11.7. The smallest absolute Gasteiger partial charge is 0.237 e. The van der Waals surface area contributed by atoms with Crippen molar-refractivity contribution in [1.82, 2.24) is 5.32 Å². The first-order chi connectivity index (χ1) is 10.6. The van der Waals surface area contributed by atoms with Gasteiger partial charge in [-0.1, -0.05) is 0 Å². The monoisotopic (exact) mass is 328 g/mol. The highest BCUT2D eigenvalue weighted by Crippen LogP contribution is 2.38. The van der Waals surface area contributed by atoms with Gasteiger partial charge in [0, 0.05) is 6.54 Å². The molecule has 0 heterocycles. The molecule has 0 saturated carbocycles. The molecule has 0 aromatic heterocycles. The largest absolute Gasteiger partial charge is 0.493 e. The fourth-order valence-electron chi connectivity index (χ4n) is 1.93. The number of rotatable bonds is 9. The number of nitrogens with one attached hydrogen (secondary N) is 1. The van der Waals surface area contributed by atoms with Crippen molar-refractivity contribution in [3.63, 3.8) is 0 Å². The summed E-state index contributed by atoms with van der Waals surface area (Å²) in [6.45, 7) is 0.350. The van der Waals surface area contributed by atoms with Gasteiger partial charge >= 0.3 is 0 Å². The molecule has 0 bridgehead atoms. The molecule has 0 radical (unpaired) electrons. The van der Waals surface area contributed by atoms with Crippen LogP contribution in [0.2, 0.25) is 0 Å². The summed E-state index contributed by atoms with van der Waals surface area (Å²) < 4.78 is 15.8. The Labute approximate surface area is 135 Å². The second-order valence-corrected chi connectivity index (χ2v) is 5.62. The van der Waals surface area contributed by atoms with Gasteiger partial charge in [0.05, 0.1) is 27.4 Å². The van der Waals surface area contributed by atoms with Crippen LogP contribution in [-0.4, -0.2) is 45.3 Å². The summed E-state index contributed by atoms with van der Waals surface area (Å²) in [5.41, 5.74) is 6.68. The van der Waals surface area contributed by atoms with E-state index >= 15 is 0 Å². The minimum Gasteiger partial charge on any atom is -0.493 e. The Hall–Kier alpha value is -1.60. The van der Waals surface area contributed by atoms with E-state index in [9.17, 15) is 4.79 Å². The summed E-state index contributed by atoms with van der Waals surface area (Å²) in [5, 5.41) is 2.82. The lowest BCUT2D eigenvalue weighted by Crippen LogP contribution is -2.40. The van der Waals surface area contributed by atoms with E-state index in [4.69, 9.17) is 19.9 Å². The van der Waals surface area contributed by atoms with E-state index in [1.807, 2.05) is 6.26 Å². The Morgan fingerprint density at radius 3 is 2.27 bits per heavy atom. The Morgan fingerprint density at radius 2 is 1.82 bits per heavy atom. The van der Waals surface area contributed by atoms with Crippen molar-refractivity contribution < 1.29 is 19.0 Å². The second-order valence-electron chi connectivity index (χ2n) is 4.64. The topological polar surface area (TPSA) is 82.8 Å². The Morgan fingerprint density at radius 1 is 1.23 bits per heavy atom. The zero-order valence-electron chi connectivity index (χ0n) is 13.5. The van der Waals surface area contributed by atoms with E-state index in [2.05, 4.69) is 5.32 Å². The number of carbonyl (C=O) groups is 1. The summed E-state index contributed by atoms with van der Waals surface area (Å²) in [7, 11) is 4.66. The van der Waals surface area contributed by atoms with E-state index in [1.165, 1.54) is 0 Å². The van der Waals surface area contributed by atoms with E-state index in [0.29, 0.717) is 30.2 Å². The standard InChI is InChI=1S/C15H24N2O4S/c1-19-12-7-10(8-13(20-2)14(12)21-3)9-17-15(18)11(16)5-6-22-4/h7-8,11H,5-6,9,16H2,1-4H3,(H,17,18)/t11-/m0/s1. The Kier molecular flexibility index (Phi) is 7.90. The quantitative estimate of drug-likeness (QED) is 0.713. The molecule has 6 nitrogen and oxygen atoms in total.